The number of imidazole rings is 1. The summed E-state index contributed by atoms with van der Waals surface area (Å²) in [6, 6.07) is 20.0. The van der Waals surface area contributed by atoms with Crippen molar-refractivity contribution in [3.05, 3.63) is 83.9 Å². The lowest BCUT2D eigenvalue weighted by Crippen LogP contribution is -2.42. The Morgan fingerprint density at radius 3 is 2.26 bits per heavy atom. The van der Waals surface area contributed by atoms with Crippen molar-refractivity contribution in [2.75, 3.05) is 24.7 Å². The number of amides is 1. The number of nitrogens with one attached hydrogen (secondary N) is 3. The number of aliphatic hydroxyl groups is 2. The van der Waals surface area contributed by atoms with Gasteiger partial charge in [-0.3, -0.25) is 9.36 Å². The van der Waals surface area contributed by atoms with E-state index in [4.69, 9.17) is 4.74 Å². The fourth-order valence-electron chi connectivity index (χ4n) is 4.92. The van der Waals surface area contributed by atoms with E-state index in [0.29, 0.717) is 24.4 Å². The maximum atomic E-state index is 12.4. The fourth-order valence-corrected chi connectivity index (χ4v) is 5.32. The molecule has 1 saturated heterocycles. The van der Waals surface area contributed by atoms with E-state index in [-0.39, 0.29) is 23.9 Å². The van der Waals surface area contributed by atoms with Crippen LogP contribution in [0.15, 0.2) is 67.0 Å². The van der Waals surface area contributed by atoms with E-state index in [1.807, 2.05) is 60.7 Å². The highest BCUT2D eigenvalue weighted by Gasteiger charge is 2.47. The molecule has 1 aliphatic rings. The third-order valence-electron chi connectivity index (χ3n) is 6.96. The van der Waals surface area contributed by atoms with Crippen LogP contribution in [0.1, 0.15) is 36.0 Å². The van der Waals surface area contributed by atoms with Gasteiger partial charge in [-0.15, -0.1) is 0 Å². The molecule has 2 aromatic carbocycles. The van der Waals surface area contributed by atoms with E-state index in [1.165, 1.54) is 10.9 Å². The van der Waals surface area contributed by atoms with Crippen LogP contribution in [-0.4, -0.2) is 81.7 Å². The minimum atomic E-state index is -3.55. The molecule has 222 valence electrons. The second kappa shape index (κ2) is 12.5. The van der Waals surface area contributed by atoms with Gasteiger partial charge in [-0.25, -0.2) is 28.1 Å². The number of fused-ring (bicyclic) bond motifs is 1. The van der Waals surface area contributed by atoms with Gasteiger partial charge in [-0.1, -0.05) is 60.7 Å². The van der Waals surface area contributed by atoms with E-state index >= 15 is 0 Å². The molecule has 5 N–H and O–H groups in total. The number of hydrogen-bond donors (Lipinski definition) is 5. The van der Waals surface area contributed by atoms with Gasteiger partial charge in [-0.2, -0.15) is 0 Å². The zero-order valence-electron chi connectivity index (χ0n) is 23.1. The van der Waals surface area contributed by atoms with Crippen LogP contribution >= 0.6 is 0 Å². The lowest BCUT2D eigenvalue weighted by Gasteiger charge is -2.20. The average Bonchev–Trinajstić information content (AvgIpc) is 3.53. The van der Waals surface area contributed by atoms with E-state index < -0.39 is 40.5 Å². The van der Waals surface area contributed by atoms with Crippen LogP contribution in [0.4, 0.5) is 5.82 Å². The van der Waals surface area contributed by atoms with E-state index in [2.05, 4.69) is 30.3 Å². The summed E-state index contributed by atoms with van der Waals surface area (Å²) < 4.78 is 33.2. The number of sulfonamides is 1. The molecular formula is C28H33N7O6S. The molecule has 0 bridgehead atoms. The molecule has 0 spiro atoms. The molecule has 0 radical (unpaired) electrons. The second-order valence-electron chi connectivity index (χ2n) is 9.98. The molecule has 1 aliphatic heterocycles. The van der Waals surface area contributed by atoms with Gasteiger partial charge in [0, 0.05) is 19.0 Å². The van der Waals surface area contributed by atoms with Crippen LogP contribution in [0.25, 0.3) is 11.2 Å². The van der Waals surface area contributed by atoms with Crippen molar-refractivity contribution in [2.45, 2.75) is 43.9 Å². The predicted molar refractivity (Wildman–Crippen MR) is 155 cm³/mol. The lowest BCUT2D eigenvalue weighted by atomic mass is 9.91. The standard InChI is InChI=1S/C28H33N7O6S/c1-3-29-27(38)24-22(36)23(37)28(41-24)35-16-31-21-25(33-20(34-26(21)35)15-32-42(2,39)40)30-14-19(17-10-6-4-7-11-17)18-12-8-5-9-13-18/h4-13,16,19,22-24,28,32,36-37H,3,14-15H2,1-2H3,(H,29,38)(H,30,33,34). The molecule has 0 aliphatic carbocycles. The highest BCUT2D eigenvalue weighted by atomic mass is 32.2. The zero-order chi connectivity index (χ0) is 29.9. The summed E-state index contributed by atoms with van der Waals surface area (Å²) in [5.74, 6) is -0.125. The van der Waals surface area contributed by atoms with Crippen molar-refractivity contribution in [1.82, 2.24) is 29.6 Å². The molecule has 4 aromatic rings. The highest BCUT2D eigenvalue weighted by Crippen LogP contribution is 2.33. The minimum absolute atomic E-state index is 0.0509. The SMILES string of the molecule is CCNC(=O)C1OC(n2cnc3c(NCC(c4ccccc4)c4ccccc4)nc(CNS(C)(=O)=O)nc32)C(O)C1O. The number of nitrogens with zero attached hydrogens (tertiary/aromatic N) is 4. The van der Waals surface area contributed by atoms with Gasteiger partial charge >= 0.3 is 0 Å². The second-order valence-corrected chi connectivity index (χ2v) is 11.8. The van der Waals surface area contributed by atoms with Gasteiger partial charge in [0.25, 0.3) is 5.91 Å². The summed E-state index contributed by atoms with van der Waals surface area (Å²) in [4.78, 5) is 25.9. The number of likely N-dealkylation sites (N-methyl/N-ethyl adjacent to an activating group) is 1. The molecular weight excluding hydrogens is 562 g/mol. The summed E-state index contributed by atoms with van der Waals surface area (Å²) in [6.45, 7) is 2.28. The molecule has 4 atom stereocenters. The number of aliphatic hydroxyl groups excluding tert-OH is 2. The van der Waals surface area contributed by atoms with Crippen molar-refractivity contribution >= 4 is 32.9 Å². The van der Waals surface area contributed by atoms with Gasteiger partial charge in [0.1, 0.15) is 18.0 Å². The van der Waals surface area contributed by atoms with E-state index in [1.54, 1.807) is 6.92 Å². The summed E-state index contributed by atoms with van der Waals surface area (Å²) in [6.07, 6.45) is -3.01. The van der Waals surface area contributed by atoms with Crippen molar-refractivity contribution in [3.63, 3.8) is 0 Å². The molecule has 13 nitrogen and oxygen atoms in total. The first-order valence-corrected chi connectivity index (χ1v) is 15.4. The van der Waals surface area contributed by atoms with Crippen molar-refractivity contribution in [3.8, 4) is 0 Å². The Bertz CT molecular complexity index is 1600. The Kier molecular flexibility index (Phi) is 8.80. The van der Waals surface area contributed by atoms with Crippen LogP contribution in [-0.2, 0) is 26.1 Å². The molecule has 14 heteroatoms. The van der Waals surface area contributed by atoms with Crippen LogP contribution < -0.4 is 15.4 Å². The molecule has 42 heavy (non-hydrogen) atoms. The third-order valence-corrected chi connectivity index (χ3v) is 7.63. The number of hydrogen-bond acceptors (Lipinski definition) is 10. The van der Waals surface area contributed by atoms with Crippen LogP contribution in [0, 0.1) is 0 Å². The maximum absolute atomic E-state index is 12.4. The van der Waals surface area contributed by atoms with Crippen molar-refractivity contribution < 1.29 is 28.2 Å². The average molecular weight is 596 g/mol. The summed E-state index contributed by atoms with van der Waals surface area (Å²) >= 11 is 0. The van der Waals surface area contributed by atoms with Crippen LogP contribution in [0.2, 0.25) is 0 Å². The summed E-state index contributed by atoms with van der Waals surface area (Å²) in [5, 5.41) is 27.3. The monoisotopic (exact) mass is 595 g/mol. The Balaban J connectivity index is 1.51. The third kappa shape index (κ3) is 6.42. The smallest absolute Gasteiger partial charge is 0.252 e. The molecule has 1 fully saturated rings. The molecule has 1 amide bonds. The molecule has 3 heterocycles. The molecule has 2 aromatic heterocycles. The maximum Gasteiger partial charge on any atom is 0.252 e. The highest BCUT2D eigenvalue weighted by molar-refractivity contribution is 7.88. The van der Waals surface area contributed by atoms with Gasteiger partial charge in [0.2, 0.25) is 10.0 Å². The van der Waals surface area contributed by atoms with Crippen molar-refractivity contribution in [2.24, 2.45) is 0 Å². The molecule has 5 rings (SSSR count). The van der Waals surface area contributed by atoms with Gasteiger partial charge in [-0.05, 0) is 18.1 Å². The number of benzene rings is 2. The first-order chi connectivity index (χ1) is 20.2. The number of carbonyl (C=O) groups is 1. The quantitative estimate of drug-likeness (QED) is 0.167. The Hall–Kier alpha value is -3.95. The normalized spacial score (nSPS) is 20.7. The number of carbonyl (C=O) groups excluding carboxylic acids is 1. The van der Waals surface area contributed by atoms with Crippen LogP contribution in [0.3, 0.4) is 0 Å². The fraction of sp³-hybridized carbons (Fsp3) is 0.357. The minimum Gasteiger partial charge on any atom is -0.387 e. The van der Waals surface area contributed by atoms with Crippen molar-refractivity contribution in [1.29, 1.82) is 0 Å². The first-order valence-electron chi connectivity index (χ1n) is 13.5. The van der Waals surface area contributed by atoms with Crippen LogP contribution in [0.5, 0.6) is 0 Å². The summed E-state index contributed by atoms with van der Waals surface area (Å²) in [7, 11) is -3.55. The number of ether oxygens (including phenoxy) is 1. The Labute approximate surface area is 243 Å². The topological polar surface area (TPSA) is 181 Å². The van der Waals surface area contributed by atoms with Gasteiger partial charge in [0.05, 0.1) is 19.1 Å². The first kappa shape index (κ1) is 29.5. The number of aromatic nitrogens is 4. The number of anilines is 1. The zero-order valence-corrected chi connectivity index (χ0v) is 23.9. The summed E-state index contributed by atoms with van der Waals surface area (Å²) in [5.41, 5.74) is 2.73. The van der Waals surface area contributed by atoms with Gasteiger partial charge < -0.3 is 25.6 Å². The largest absolute Gasteiger partial charge is 0.387 e. The van der Waals surface area contributed by atoms with E-state index in [9.17, 15) is 23.4 Å². The van der Waals surface area contributed by atoms with Gasteiger partial charge in [0.15, 0.2) is 29.3 Å². The Morgan fingerprint density at radius 1 is 1.02 bits per heavy atom. The number of rotatable bonds is 11. The predicted octanol–water partition coefficient (Wildman–Crippen LogP) is 0.875. The molecule has 4 unspecified atom stereocenters. The van der Waals surface area contributed by atoms with E-state index in [0.717, 1.165) is 17.4 Å². The lowest BCUT2D eigenvalue weighted by molar-refractivity contribution is -0.137. The molecule has 0 saturated carbocycles. The Morgan fingerprint density at radius 2 is 1.67 bits per heavy atom.